The third kappa shape index (κ3) is 3.68. The largest absolute Gasteiger partial charge is 0.461 e. The third-order valence-corrected chi connectivity index (χ3v) is 8.00. The van der Waals surface area contributed by atoms with Crippen molar-refractivity contribution in [2.24, 2.45) is 0 Å². The first kappa shape index (κ1) is 19.7. The van der Waals surface area contributed by atoms with Gasteiger partial charge in [0.1, 0.15) is 23.3 Å². The number of thioether (sulfide) groups is 1. The third-order valence-electron chi connectivity index (χ3n) is 6.40. The van der Waals surface area contributed by atoms with Gasteiger partial charge in [-0.05, 0) is 32.2 Å². The molecule has 1 aliphatic carbocycles. The number of alkyl halides is 1. The maximum Gasteiger partial charge on any atom is 0.318 e. The zero-order chi connectivity index (χ0) is 20.0. The molecule has 4 heterocycles. The number of nitrogens with zero attached hydrogens (tertiary/aromatic N) is 4. The Labute approximate surface area is 177 Å². The molecule has 0 bridgehead atoms. The number of hydrogen-bond donors (Lipinski definition) is 0. The van der Waals surface area contributed by atoms with Gasteiger partial charge >= 0.3 is 6.01 Å². The lowest BCUT2D eigenvalue weighted by Crippen LogP contribution is -2.43. The summed E-state index contributed by atoms with van der Waals surface area (Å²) >= 11 is 7.52. The SMILES string of the molecule is Fc1c(Cl)ncc2c(SC3CCCC3)nc(OCC34CCCN3C[C@H](F)C4)nc12. The Morgan fingerprint density at radius 2 is 2.10 bits per heavy atom. The second kappa shape index (κ2) is 7.78. The van der Waals surface area contributed by atoms with E-state index in [4.69, 9.17) is 16.3 Å². The summed E-state index contributed by atoms with van der Waals surface area (Å²) in [5.74, 6) is -0.657. The van der Waals surface area contributed by atoms with Crippen LogP contribution in [0.15, 0.2) is 11.2 Å². The summed E-state index contributed by atoms with van der Waals surface area (Å²) < 4.78 is 34.7. The van der Waals surface area contributed by atoms with Gasteiger partial charge in [0.05, 0.1) is 10.9 Å². The minimum absolute atomic E-state index is 0.127. The summed E-state index contributed by atoms with van der Waals surface area (Å²) in [5, 5.41) is 1.47. The molecule has 3 aliphatic rings. The summed E-state index contributed by atoms with van der Waals surface area (Å²) in [4.78, 5) is 15.0. The number of ether oxygens (including phenoxy) is 1. The quantitative estimate of drug-likeness (QED) is 0.491. The van der Waals surface area contributed by atoms with E-state index in [1.165, 1.54) is 19.0 Å². The van der Waals surface area contributed by atoms with E-state index in [0.29, 0.717) is 35.2 Å². The van der Waals surface area contributed by atoms with Crippen LogP contribution in [0.3, 0.4) is 0 Å². The van der Waals surface area contributed by atoms with Gasteiger partial charge in [0.15, 0.2) is 11.0 Å². The van der Waals surface area contributed by atoms with Crippen LogP contribution in [0.4, 0.5) is 8.78 Å². The fourth-order valence-corrected chi connectivity index (χ4v) is 6.38. The van der Waals surface area contributed by atoms with E-state index < -0.39 is 12.0 Å². The molecule has 2 aliphatic heterocycles. The molecule has 0 amide bonds. The summed E-state index contributed by atoms with van der Waals surface area (Å²) in [6.45, 7) is 1.66. The lowest BCUT2D eigenvalue weighted by atomic mass is 9.95. The van der Waals surface area contributed by atoms with Gasteiger partial charge < -0.3 is 4.74 Å². The Morgan fingerprint density at radius 1 is 1.28 bits per heavy atom. The van der Waals surface area contributed by atoms with Gasteiger partial charge in [-0.25, -0.2) is 13.8 Å². The van der Waals surface area contributed by atoms with Gasteiger partial charge in [-0.2, -0.15) is 9.97 Å². The first-order valence-electron chi connectivity index (χ1n) is 10.2. The molecule has 1 unspecified atom stereocenters. The standard InChI is InChI=1S/C20H23ClF2N4OS/c21-17-15(23)16-14(9-24-17)18(29-13-4-1-2-5-13)26-19(25-16)28-11-20-6-3-7-27(20)10-12(22)8-20/h9,12-13H,1-8,10-11H2/t12-,20?/m1/s1. The van der Waals surface area contributed by atoms with Gasteiger partial charge in [-0.1, -0.05) is 24.4 Å². The molecule has 0 radical (unpaired) electrons. The van der Waals surface area contributed by atoms with Crippen molar-refractivity contribution in [2.75, 3.05) is 19.7 Å². The molecule has 2 aromatic rings. The predicted octanol–water partition coefficient (Wildman–Crippen LogP) is 4.81. The van der Waals surface area contributed by atoms with Crippen LogP contribution in [0.1, 0.15) is 44.9 Å². The highest BCUT2D eigenvalue weighted by atomic mass is 35.5. The van der Waals surface area contributed by atoms with E-state index in [1.54, 1.807) is 11.8 Å². The summed E-state index contributed by atoms with van der Waals surface area (Å²) in [7, 11) is 0. The van der Waals surface area contributed by atoms with Crippen LogP contribution < -0.4 is 4.74 Å². The highest BCUT2D eigenvalue weighted by molar-refractivity contribution is 8.00. The lowest BCUT2D eigenvalue weighted by molar-refractivity contribution is 0.107. The van der Waals surface area contributed by atoms with Gasteiger partial charge in [0.25, 0.3) is 0 Å². The molecular weight excluding hydrogens is 418 g/mol. The van der Waals surface area contributed by atoms with Crippen LogP contribution in [0.2, 0.25) is 5.15 Å². The molecule has 2 aromatic heterocycles. The van der Waals surface area contributed by atoms with E-state index in [1.807, 2.05) is 0 Å². The summed E-state index contributed by atoms with van der Waals surface area (Å²) in [6, 6.07) is 0.127. The molecule has 5 rings (SSSR count). The van der Waals surface area contributed by atoms with Crippen LogP contribution in [0, 0.1) is 5.82 Å². The molecule has 9 heteroatoms. The zero-order valence-corrected chi connectivity index (χ0v) is 17.6. The molecule has 1 saturated carbocycles. The van der Waals surface area contributed by atoms with Crippen LogP contribution in [-0.2, 0) is 0 Å². The fraction of sp³-hybridized carbons (Fsp3) is 0.650. The first-order valence-corrected chi connectivity index (χ1v) is 11.5. The fourth-order valence-electron chi connectivity index (χ4n) is 4.95. The van der Waals surface area contributed by atoms with Crippen molar-refractivity contribution in [1.29, 1.82) is 0 Å². The Hall–Kier alpha value is -1.25. The maximum atomic E-state index is 14.7. The van der Waals surface area contributed by atoms with Gasteiger partial charge in [-0.3, -0.25) is 4.90 Å². The Morgan fingerprint density at radius 3 is 2.93 bits per heavy atom. The van der Waals surface area contributed by atoms with Crippen LogP contribution in [0.5, 0.6) is 6.01 Å². The van der Waals surface area contributed by atoms with E-state index in [9.17, 15) is 8.78 Å². The molecule has 156 valence electrons. The molecule has 2 saturated heterocycles. The van der Waals surface area contributed by atoms with E-state index in [2.05, 4.69) is 19.9 Å². The molecule has 0 spiro atoms. The Kier molecular flexibility index (Phi) is 5.28. The number of halogens is 3. The minimum Gasteiger partial charge on any atom is -0.461 e. The smallest absolute Gasteiger partial charge is 0.318 e. The van der Waals surface area contributed by atoms with Crippen molar-refractivity contribution in [3.05, 3.63) is 17.2 Å². The van der Waals surface area contributed by atoms with Crippen molar-refractivity contribution in [1.82, 2.24) is 19.9 Å². The topological polar surface area (TPSA) is 51.1 Å². The average molecular weight is 441 g/mol. The monoisotopic (exact) mass is 440 g/mol. The van der Waals surface area contributed by atoms with E-state index in [0.717, 1.165) is 32.2 Å². The van der Waals surface area contributed by atoms with E-state index in [-0.39, 0.29) is 22.2 Å². The molecule has 3 fully saturated rings. The molecule has 29 heavy (non-hydrogen) atoms. The number of rotatable bonds is 5. The number of hydrogen-bond acceptors (Lipinski definition) is 6. The zero-order valence-electron chi connectivity index (χ0n) is 16.0. The minimum atomic E-state index is -0.827. The Balaban J connectivity index is 1.46. The summed E-state index contributed by atoms with van der Waals surface area (Å²) in [5.41, 5.74) is -0.170. The van der Waals surface area contributed by atoms with Crippen LogP contribution >= 0.6 is 23.4 Å². The van der Waals surface area contributed by atoms with Gasteiger partial charge in [0.2, 0.25) is 0 Å². The van der Waals surface area contributed by atoms with Crippen molar-refractivity contribution < 1.29 is 13.5 Å². The number of fused-ring (bicyclic) bond motifs is 2. The molecule has 0 aromatic carbocycles. The van der Waals surface area contributed by atoms with E-state index >= 15 is 0 Å². The van der Waals surface area contributed by atoms with Crippen molar-refractivity contribution >= 4 is 34.3 Å². The Bertz CT molecular complexity index is 929. The molecular formula is C20H23ClF2N4OS. The lowest BCUT2D eigenvalue weighted by Gasteiger charge is -2.30. The maximum absolute atomic E-state index is 14.7. The number of aromatic nitrogens is 3. The van der Waals surface area contributed by atoms with Gasteiger partial charge in [0, 0.05) is 24.4 Å². The van der Waals surface area contributed by atoms with Crippen molar-refractivity contribution in [3.63, 3.8) is 0 Å². The van der Waals surface area contributed by atoms with Crippen molar-refractivity contribution in [3.8, 4) is 6.01 Å². The number of pyridine rings is 1. The first-order chi connectivity index (χ1) is 14.0. The second-order valence-corrected chi connectivity index (χ2v) is 9.97. The summed E-state index contributed by atoms with van der Waals surface area (Å²) in [6.07, 6.45) is 7.74. The average Bonchev–Trinajstić information content (AvgIpc) is 3.40. The van der Waals surface area contributed by atoms with Crippen molar-refractivity contribution in [2.45, 2.75) is 66.9 Å². The van der Waals surface area contributed by atoms with Crippen LogP contribution in [-0.4, -0.2) is 56.5 Å². The molecule has 0 N–H and O–H groups in total. The second-order valence-electron chi connectivity index (χ2n) is 8.32. The molecule has 5 nitrogen and oxygen atoms in total. The normalized spacial score (nSPS) is 27.8. The predicted molar refractivity (Wildman–Crippen MR) is 109 cm³/mol. The van der Waals surface area contributed by atoms with Crippen LogP contribution in [0.25, 0.3) is 10.9 Å². The highest BCUT2D eigenvalue weighted by Gasteiger charge is 2.49. The molecule has 2 atom stereocenters. The highest BCUT2D eigenvalue weighted by Crippen LogP contribution is 2.41. The van der Waals surface area contributed by atoms with Gasteiger partial charge in [-0.15, -0.1) is 11.8 Å².